The van der Waals surface area contributed by atoms with Crippen LogP contribution in [0.25, 0.3) is 0 Å². The minimum absolute atomic E-state index is 0. The van der Waals surface area contributed by atoms with Crippen LogP contribution in [0.1, 0.15) is 53.6 Å². The van der Waals surface area contributed by atoms with Crippen LogP contribution in [-0.2, 0) is 23.2 Å². The second-order valence-electron chi connectivity index (χ2n) is 12.0. The lowest BCUT2D eigenvalue weighted by Crippen LogP contribution is -2.60. The first-order chi connectivity index (χ1) is 19.2. The van der Waals surface area contributed by atoms with Crippen LogP contribution < -0.4 is 10.2 Å². The van der Waals surface area contributed by atoms with E-state index in [4.69, 9.17) is 4.98 Å². The molecule has 0 radical (unpaired) electrons. The van der Waals surface area contributed by atoms with Gasteiger partial charge in [0.1, 0.15) is 11.5 Å². The fourth-order valence-electron chi connectivity index (χ4n) is 6.19. The van der Waals surface area contributed by atoms with Crippen molar-refractivity contribution in [3.05, 3.63) is 88.8 Å². The smallest absolute Gasteiger partial charge is 0.273 e. The van der Waals surface area contributed by atoms with Crippen molar-refractivity contribution in [3.8, 4) is 0 Å². The number of benzene rings is 1. The van der Waals surface area contributed by atoms with Crippen LogP contribution in [0.4, 0.5) is 10.1 Å². The molecule has 3 aromatic rings. The summed E-state index contributed by atoms with van der Waals surface area (Å²) < 4.78 is 13.4. The Labute approximate surface area is 258 Å². The van der Waals surface area contributed by atoms with Crippen molar-refractivity contribution in [2.75, 3.05) is 37.6 Å². The molecule has 224 valence electrons. The number of hydrogen-bond donors (Lipinski definition) is 1. The molecule has 8 nitrogen and oxygen atoms in total. The van der Waals surface area contributed by atoms with Crippen molar-refractivity contribution in [3.63, 3.8) is 0 Å². The minimum Gasteiger partial charge on any atom is -0.331 e. The second kappa shape index (κ2) is 12.6. The average Bonchev–Trinajstić information content (AvgIpc) is 3.39. The average molecular weight is 616 g/mol. The number of rotatable bonds is 6. The highest BCUT2D eigenvalue weighted by molar-refractivity contribution is 5.98. The summed E-state index contributed by atoms with van der Waals surface area (Å²) in [6, 6.07) is 12.6. The van der Waals surface area contributed by atoms with Crippen LogP contribution in [0.3, 0.4) is 0 Å². The van der Waals surface area contributed by atoms with Gasteiger partial charge in [-0.2, -0.15) is 0 Å². The zero-order valence-corrected chi connectivity index (χ0v) is 25.7. The maximum atomic E-state index is 13.9. The number of anilines is 1. The van der Waals surface area contributed by atoms with Gasteiger partial charge < -0.3 is 15.1 Å². The SMILES string of the molecule is C[C@@H]1CN(CC(=O)N2CC(C)(C)c3ncc(Cc4ccc(F)cc4)cc32)[C@@H](CN2Cc3cccnc3C2=O)CN1.Cl.Cl. The Morgan fingerprint density at radius 3 is 2.62 bits per heavy atom. The van der Waals surface area contributed by atoms with Crippen molar-refractivity contribution in [2.45, 2.75) is 51.2 Å². The zero-order chi connectivity index (χ0) is 28.0. The monoisotopic (exact) mass is 614 g/mol. The molecule has 1 saturated heterocycles. The molecular weight excluding hydrogens is 578 g/mol. The molecule has 0 aliphatic carbocycles. The fraction of sp³-hybridized carbons (Fsp3) is 0.419. The van der Waals surface area contributed by atoms with Crippen LogP contribution in [0.15, 0.2) is 54.9 Å². The number of aromatic nitrogens is 2. The Morgan fingerprint density at radius 2 is 1.88 bits per heavy atom. The number of nitrogens with one attached hydrogen (secondary N) is 1. The van der Waals surface area contributed by atoms with E-state index >= 15 is 0 Å². The van der Waals surface area contributed by atoms with Crippen LogP contribution in [0.5, 0.6) is 0 Å². The van der Waals surface area contributed by atoms with Crippen molar-refractivity contribution >= 4 is 42.3 Å². The molecule has 2 atom stereocenters. The van der Waals surface area contributed by atoms with Crippen molar-refractivity contribution in [1.29, 1.82) is 0 Å². The van der Waals surface area contributed by atoms with Gasteiger partial charge in [-0.3, -0.25) is 24.5 Å². The molecule has 3 aliphatic rings. The number of pyridine rings is 2. The molecule has 6 rings (SSSR count). The molecular formula is C31H37Cl2FN6O2. The molecule has 0 bridgehead atoms. The maximum Gasteiger partial charge on any atom is 0.273 e. The Balaban J connectivity index is 0.00000202. The van der Waals surface area contributed by atoms with Gasteiger partial charge in [-0.25, -0.2) is 4.39 Å². The first-order valence-corrected chi connectivity index (χ1v) is 13.9. The van der Waals surface area contributed by atoms with Crippen LogP contribution in [-0.4, -0.2) is 76.4 Å². The van der Waals surface area contributed by atoms with E-state index in [1.54, 1.807) is 18.3 Å². The van der Waals surface area contributed by atoms with Crippen LogP contribution in [0.2, 0.25) is 0 Å². The number of carbonyl (C=O) groups excluding carboxylic acids is 2. The van der Waals surface area contributed by atoms with Gasteiger partial charge in [0.2, 0.25) is 5.91 Å². The van der Waals surface area contributed by atoms with Gasteiger partial charge in [-0.1, -0.05) is 32.0 Å². The second-order valence-corrected chi connectivity index (χ2v) is 12.0. The van der Waals surface area contributed by atoms with Gasteiger partial charge in [-0.15, -0.1) is 24.8 Å². The van der Waals surface area contributed by atoms with Crippen molar-refractivity contribution < 1.29 is 14.0 Å². The van der Waals surface area contributed by atoms with Crippen LogP contribution >= 0.6 is 24.8 Å². The number of nitrogens with zero attached hydrogens (tertiary/aromatic N) is 5. The van der Waals surface area contributed by atoms with E-state index < -0.39 is 0 Å². The minimum atomic E-state index is -0.268. The third-order valence-corrected chi connectivity index (χ3v) is 8.27. The molecule has 2 aromatic heterocycles. The van der Waals surface area contributed by atoms with E-state index in [1.807, 2.05) is 28.1 Å². The Hall–Kier alpha value is -3.11. The van der Waals surface area contributed by atoms with E-state index in [-0.39, 0.29) is 66.5 Å². The van der Waals surface area contributed by atoms with Gasteiger partial charge in [0.05, 0.1) is 17.9 Å². The summed E-state index contributed by atoms with van der Waals surface area (Å²) in [5.41, 5.74) is 4.96. The summed E-state index contributed by atoms with van der Waals surface area (Å²) in [5.74, 6) is -0.273. The highest BCUT2D eigenvalue weighted by atomic mass is 35.5. The van der Waals surface area contributed by atoms with Gasteiger partial charge in [0, 0.05) is 68.2 Å². The summed E-state index contributed by atoms with van der Waals surface area (Å²) in [6.07, 6.45) is 4.14. The molecule has 5 heterocycles. The molecule has 42 heavy (non-hydrogen) atoms. The maximum absolute atomic E-state index is 13.9. The summed E-state index contributed by atoms with van der Waals surface area (Å²) in [6.45, 7) is 9.68. The summed E-state index contributed by atoms with van der Waals surface area (Å²) in [5, 5.41) is 3.52. The predicted octanol–water partition coefficient (Wildman–Crippen LogP) is 3.99. The topological polar surface area (TPSA) is 81.7 Å². The lowest BCUT2D eigenvalue weighted by atomic mass is 9.91. The molecule has 1 aromatic carbocycles. The molecule has 0 saturated carbocycles. The summed E-state index contributed by atoms with van der Waals surface area (Å²) in [4.78, 5) is 41.9. The molecule has 1 N–H and O–H groups in total. The van der Waals surface area contributed by atoms with E-state index in [0.29, 0.717) is 38.3 Å². The largest absolute Gasteiger partial charge is 0.331 e. The quantitative estimate of drug-likeness (QED) is 0.452. The van der Waals surface area contributed by atoms with E-state index in [2.05, 4.69) is 42.0 Å². The molecule has 2 amide bonds. The highest BCUT2D eigenvalue weighted by Gasteiger charge is 2.41. The van der Waals surface area contributed by atoms with Gasteiger partial charge in [0.15, 0.2) is 0 Å². The Bertz CT molecular complexity index is 1450. The molecule has 3 aliphatic heterocycles. The number of halogens is 3. The highest BCUT2D eigenvalue weighted by Crippen LogP contribution is 2.40. The third kappa shape index (κ3) is 6.29. The summed E-state index contributed by atoms with van der Waals surface area (Å²) in [7, 11) is 0. The summed E-state index contributed by atoms with van der Waals surface area (Å²) >= 11 is 0. The standard InChI is InChI=1S/C31H35FN6O2.2ClH/c1-20-15-36(25(14-34-20)17-37-16-23-5-4-10-33-28(23)30(37)40)18-27(39)38-19-31(2,3)29-26(38)12-22(13-35-29)11-21-6-8-24(32)9-7-21;;/h4-10,12-13,20,25,34H,11,14-19H2,1-3H3;2*1H/t20-,25-;;/m1../s1. The number of amides is 2. The normalized spacial score (nSPS) is 20.9. The first-order valence-electron chi connectivity index (χ1n) is 13.9. The first kappa shape index (κ1) is 31.8. The van der Waals surface area contributed by atoms with E-state index in [1.165, 1.54) is 12.1 Å². The van der Waals surface area contributed by atoms with Gasteiger partial charge in [-0.05, 0) is 48.7 Å². The Morgan fingerprint density at radius 1 is 1.12 bits per heavy atom. The number of piperazine rings is 1. The van der Waals surface area contributed by atoms with Crippen molar-refractivity contribution in [2.24, 2.45) is 0 Å². The lowest BCUT2D eigenvalue weighted by molar-refractivity contribution is -0.120. The zero-order valence-electron chi connectivity index (χ0n) is 24.0. The van der Waals surface area contributed by atoms with Crippen LogP contribution in [0, 0.1) is 5.82 Å². The van der Waals surface area contributed by atoms with E-state index in [9.17, 15) is 14.0 Å². The molecule has 0 spiro atoms. The van der Waals surface area contributed by atoms with E-state index in [0.717, 1.165) is 34.6 Å². The van der Waals surface area contributed by atoms with Gasteiger partial charge in [0.25, 0.3) is 5.91 Å². The van der Waals surface area contributed by atoms with Crippen molar-refractivity contribution in [1.82, 2.24) is 25.1 Å². The molecule has 1 fully saturated rings. The molecule has 0 unspecified atom stereocenters. The predicted molar refractivity (Wildman–Crippen MR) is 165 cm³/mol. The molecule has 11 heteroatoms. The lowest BCUT2D eigenvalue weighted by Gasteiger charge is -2.41. The number of fused-ring (bicyclic) bond motifs is 2. The number of hydrogen-bond acceptors (Lipinski definition) is 6. The Kier molecular flexibility index (Phi) is 9.57. The third-order valence-electron chi connectivity index (χ3n) is 8.27. The fourth-order valence-corrected chi connectivity index (χ4v) is 6.19. The number of carbonyl (C=O) groups is 2. The van der Waals surface area contributed by atoms with Gasteiger partial charge >= 0.3 is 0 Å².